The molecule has 0 bridgehead atoms. The fourth-order valence-corrected chi connectivity index (χ4v) is 2.09. The lowest BCUT2D eigenvalue weighted by atomic mass is 10.1. The van der Waals surface area contributed by atoms with Gasteiger partial charge in [-0.05, 0) is 12.5 Å². The SMILES string of the molecule is CCc1c(-c2ccoc2)nc2c(C#N)c[nH]n2c1=O. The van der Waals surface area contributed by atoms with Gasteiger partial charge >= 0.3 is 0 Å². The van der Waals surface area contributed by atoms with E-state index in [0.29, 0.717) is 28.9 Å². The molecule has 0 saturated heterocycles. The van der Waals surface area contributed by atoms with Crippen molar-refractivity contribution in [1.29, 1.82) is 5.26 Å². The first-order chi connectivity index (χ1) is 9.26. The molecule has 94 valence electrons. The Kier molecular flexibility index (Phi) is 2.46. The monoisotopic (exact) mass is 254 g/mol. The normalized spacial score (nSPS) is 10.7. The summed E-state index contributed by atoms with van der Waals surface area (Å²) in [5.41, 5.74) is 2.37. The number of aromatic nitrogens is 3. The van der Waals surface area contributed by atoms with Gasteiger partial charge in [0.2, 0.25) is 0 Å². The first-order valence-corrected chi connectivity index (χ1v) is 5.82. The molecular weight excluding hydrogens is 244 g/mol. The number of rotatable bonds is 2. The van der Waals surface area contributed by atoms with Crippen LogP contribution in [0.2, 0.25) is 0 Å². The predicted molar refractivity (Wildman–Crippen MR) is 67.6 cm³/mol. The molecule has 0 spiro atoms. The minimum Gasteiger partial charge on any atom is -0.472 e. The topological polar surface area (TPSA) is 87.1 Å². The van der Waals surface area contributed by atoms with E-state index in [1.165, 1.54) is 23.2 Å². The van der Waals surface area contributed by atoms with Crippen LogP contribution in [0.5, 0.6) is 0 Å². The van der Waals surface area contributed by atoms with Crippen LogP contribution in [-0.4, -0.2) is 14.6 Å². The average molecular weight is 254 g/mol. The first kappa shape index (κ1) is 11.3. The van der Waals surface area contributed by atoms with Crippen LogP contribution >= 0.6 is 0 Å². The van der Waals surface area contributed by atoms with Gasteiger partial charge in [0.1, 0.15) is 11.6 Å². The number of aromatic amines is 1. The second kappa shape index (κ2) is 4.14. The zero-order valence-corrected chi connectivity index (χ0v) is 10.2. The Morgan fingerprint density at radius 3 is 3.05 bits per heavy atom. The van der Waals surface area contributed by atoms with Crippen molar-refractivity contribution in [3.8, 4) is 17.3 Å². The highest BCUT2D eigenvalue weighted by Gasteiger charge is 2.16. The Labute approximate surface area is 107 Å². The minimum atomic E-state index is -0.190. The molecule has 0 radical (unpaired) electrons. The van der Waals surface area contributed by atoms with Crippen LogP contribution in [0.15, 0.2) is 34.0 Å². The quantitative estimate of drug-likeness (QED) is 0.754. The van der Waals surface area contributed by atoms with E-state index in [0.717, 1.165) is 5.56 Å². The van der Waals surface area contributed by atoms with Gasteiger partial charge in [-0.1, -0.05) is 6.92 Å². The number of nitrogens with zero attached hydrogens (tertiary/aromatic N) is 3. The molecule has 0 saturated carbocycles. The third-order valence-corrected chi connectivity index (χ3v) is 3.02. The molecule has 0 unspecified atom stereocenters. The molecule has 3 heterocycles. The molecule has 3 aromatic rings. The summed E-state index contributed by atoms with van der Waals surface area (Å²) in [6.07, 6.45) is 5.09. The largest absolute Gasteiger partial charge is 0.472 e. The Morgan fingerprint density at radius 1 is 1.58 bits per heavy atom. The van der Waals surface area contributed by atoms with Gasteiger partial charge in [0.15, 0.2) is 5.65 Å². The van der Waals surface area contributed by atoms with Crippen LogP contribution in [0.4, 0.5) is 0 Å². The van der Waals surface area contributed by atoms with Crippen molar-refractivity contribution in [3.05, 3.63) is 46.3 Å². The zero-order valence-electron chi connectivity index (χ0n) is 10.2. The number of nitrogens with one attached hydrogen (secondary N) is 1. The maximum absolute atomic E-state index is 12.4. The van der Waals surface area contributed by atoms with Crippen molar-refractivity contribution in [3.63, 3.8) is 0 Å². The van der Waals surface area contributed by atoms with Gasteiger partial charge in [0.25, 0.3) is 5.56 Å². The molecule has 6 nitrogen and oxygen atoms in total. The van der Waals surface area contributed by atoms with Gasteiger partial charge in [-0.3, -0.25) is 9.89 Å². The van der Waals surface area contributed by atoms with E-state index >= 15 is 0 Å². The Hall–Kier alpha value is -2.81. The second-order valence-corrected chi connectivity index (χ2v) is 4.07. The van der Waals surface area contributed by atoms with Crippen LogP contribution in [0, 0.1) is 11.3 Å². The minimum absolute atomic E-state index is 0.190. The van der Waals surface area contributed by atoms with Gasteiger partial charge < -0.3 is 4.42 Å². The van der Waals surface area contributed by atoms with Crippen molar-refractivity contribution >= 4 is 5.65 Å². The fourth-order valence-electron chi connectivity index (χ4n) is 2.09. The number of furan rings is 1. The summed E-state index contributed by atoms with van der Waals surface area (Å²) in [4.78, 5) is 16.8. The van der Waals surface area contributed by atoms with Crippen molar-refractivity contribution < 1.29 is 4.42 Å². The molecule has 0 amide bonds. The highest BCUT2D eigenvalue weighted by molar-refractivity contribution is 5.66. The number of H-pyrrole nitrogens is 1. The van der Waals surface area contributed by atoms with Gasteiger partial charge in [0.05, 0.1) is 18.2 Å². The molecule has 3 rings (SSSR count). The second-order valence-electron chi connectivity index (χ2n) is 4.07. The summed E-state index contributed by atoms with van der Waals surface area (Å²) in [6.45, 7) is 1.89. The van der Waals surface area contributed by atoms with E-state index in [1.54, 1.807) is 6.07 Å². The van der Waals surface area contributed by atoms with E-state index in [4.69, 9.17) is 9.68 Å². The number of hydrogen-bond donors (Lipinski definition) is 1. The molecular formula is C13H10N4O2. The van der Waals surface area contributed by atoms with E-state index in [-0.39, 0.29) is 5.56 Å². The molecule has 0 aliphatic heterocycles. The lowest BCUT2D eigenvalue weighted by Crippen LogP contribution is -2.21. The summed E-state index contributed by atoms with van der Waals surface area (Å²) in [6, 6.07) is 3.76. The maximum Gasteiger partial charge on any atom is 0.276 e. The lowest BCUT2D eigenvalue weighted by Gasteiger charge is -2.05. The summed E-state index contributed by atoms with van der Waals surface area (Å²) >= 11 is 0. The summed E-state index contributed by atoms with van der Waals surface area (Å²) in [5, 5.41) is 11.8. The molecule has 0 aromatic carbocycles. The van der Waals surface area contributed by atoms with Crippen molar-refractivity contribution in [2.75, 3.05) is 0 Å². The molecule has 0 fully saturated rings. The lowest BCUT2D eigenvalue weighted by molar-refractivity contribution is 0.568. The van der Waals surface area contributed by atoms with E-state index in [1.807, 2.05) is 13.0 Å². The van der Waals surface area contributed by atoms with Crippen LogP contribution in [0.3, 0.4) is 0 Å². The van der Waals surface area contributed by atoms with Crippen molar-refractivity contribution in [2.45, 2.75) is 13.3 Å². The Balaban J connectivity index is 2.44. The third kappa shape index (κ3) is 1.56. The summed E-state index contributed by atoms with van der Waals surface area (Å²) in [5.74, 6) is 0. The van der Waals surface area contributed by atoms with Gasteiger partial charge in [-0.25, -0.2) is 9.50 Å². The number of nitriles is 1. The van der Waals surface area contributed by atoms with E-state index < -0.39 is 0 Å². The average Bonchev–Trinajstić information content (AvgIpc) is 3.07. The smallest absolute Gasteiger partial charge is 0.276 e. The summed E-state index contributed by atoms with van der Waals surface area (Å²) < 4.78 is 6.33. The molecule has 19 heavy (non-hydrogen) atoms. The van der Waals surface area contributed by atoms with E-state index in [9.17, 15) is 4.79 Å². The number of fused-ring (bicyclic) bond motifs is 1. The zero-order chi connectivity index (χ0) is 13.4. The number of hydrogen-bond acceptors (Lipinski definition) is 4. The van der Waals surface area contributed by atoms with Gasteiger partial charge in [-0.2, -0.15) is 5.26 Å². The van der Waals surface area contributed by atoms with Crippen LogP contribution in [0.1, 0.15) is 18.1 Å². The van der Waals surface area contributed by atoms with Crippen molar-refractivity contribution in [1.82, 2.24) is 14.6 Å². The van der Waals surface area contributed by atoms with Crippen molar-refractivity contribution in [2.24, 2.45) is 0 Å². The van der Waals surface area contributed by atoms with Crippen LogP contribution in [0.25, 0.3) is 16.9 Å². The van der Waals surface area contributed by atoms with Gasteiger partial charge in [0, 0.05) is 17.3 Å². The van der Waals surface area contributed by atoms with Crippen LogP contribution < -0.4 is 5.56 Å². The highest BCUT2D eigenvalue weighted by atomic mass is 16.3. The first-order valence-electron chi connectivity index (χ1n) is 5.82. The van der Waals surface area contributed by atoms with E-state index in [2.05, 4.69) is 10.1 Å². The molecule has 6 heteroatoms. The Bertz CT molecular complexity index is 834. The standard InChI is InChI=1S/C13H10N4O2/c1-2-10-11(8-3-4-19-7-8)16-12-9(5-14)6-15-17(12)13(10)18/h3-4,6-7,15H,2H2,1H3. The molecule has 3 aromatic heterocycles. The maximum atomic E-state index is 12.4. The van der Waals surface area contributed by atoms with Gasteiger partial charge in [-0.15, -0.1) is 0 Å². The third-order valence-electron chi connectivity index (χ3n) is 3.02. The molecule has 0 atom stereocenters. The highest BCUT2D eigenvalue weighted by Crippen LogP contribution is 2.21. The fraction of sp³-hybridized carbons (Fsp3) is 0.154. The predicted octanol–water partition coefficient (Wildman–Crippen LogP) is 1.72. The molecule has 0 aliphatic carbocycles. The summed E-state index contributed by atoms with van der Waals surface area (Å²) in [7, 11) is 0. The molecule has 0 aliphatic rings. The molecule has 1 N–H and O–H groups in total. The van der Waals surface area contributed by atoms with Crippen LogP contribution in [-0.2, 0) is 6.42 Å². The Morgan fingerprint density at radius 2 is 2.42 bits per heavy atom.